The van der Waals surface area contributed by atoms with E-state index in [0.717, 1.165) is 61.5 Å². The first-order chi connectivity index (χ1) is 17.3. The van der Waals surface area contributed by atoms with E-state index in [2.05, 4.69) is 10.2 Å². The van der Waals surface area contributed by atoms with E-state index in [9.17, 15) is 9.59 Å². The van der Waals surface area contributed by atoms with E-state index in [1.165, 1.54) is 7.11 Å². The summed E-state index contributed by atoms with van der Waals surface area (Å²) in [6.07, 6.45) is 4.92. The van der Waals surface area contributed by atoms with Gasteiger partial charge in [-0.1, -0.05) is 11.6 Å². The number of amides is 2. The Morgan fingerprint density at radius 1 is 1.19 bits per heavy atom. The highest BCUT2D eigenvalue weighted by molar-refractivity contribution is 6.31. The van der Waals surface area contributed by atoms with Crippen LogP contribution in [0, 0.1) is 6.92 Å². The lowest BCUT2D eigenvalue weighted by molar-refractivity contribution is 0.0607. The van der Waals surface area contributed by atoms with Crippen LogP contribution in [0.3, 0.4) is 0 Å². The molecule has 0 saturated carbocycles. The number of nitrogens with two attached hydrogens (primary N) is 1. The lowest BCUT2D eigenvalue weighted by Gasteiger charge is -2.35. The molecular formula is C25H30ClN7O3. The van der Waals surface area contributed by atoms with Gasteiger partial charge >= 0.3 is 6.09 Å². The molecular weight excluding hydrogens is 482 g/mol. The second-order valence-electron chi connectivity index (χ2n) is 9.43. The molecule has 10 nitrogen and oxygen atoms in total. The van der Waals surface area contributed by atoms with Crippen LogP contribution in [-0.4, -0.2) is 64.3 Å². The third-order valence-corrected chi connectivity index (χ3v) is 7.12. The highest BCUT2D eigenvalue weighted by atomic mass is 35.5. The molecule has 36 heavy (non-hydrogen) atoms. The Morgan fingerprint density at radius 3 is 2.78 bits per heavy atom. The fourth-order valence-corrected chi connectivity index (χ4v) is 5.25. The predicted octanol–water partition coefficient (Wildman–Crippen LogP) is 3.77. The van der Waals surface area contributed by atoms with Crippen molar-refractivity contribution in [2.75, 3.05) is 37.0 Å². The van der Waals surface area contributed by atoms with Crippen molar-refractivity contribution in [2.24, 2.45) is 5.73 Å². The van der Waals surface area contributed by atoms with Gasteiger partial charge in [-0.3, -0.25) is 10.1 Å². The molecule has 11 heteroatoms. The number of carbonyl (C=O) groups is 2. The van der Waals surface area contributed by atoms with Crippen LogP contribution in [0.25, 0.3) is 5.65 Å². The number of hydrogen-bond donors (Lipinski definition) is 2. The van der Waals surface area contributed by atoms with Gasteiger partial charge in [0, 0.05) is 48.5 Å². The number of rotatable bonds is 4. The average Bonchev–Trinajstić information content (AvgIpc) is 3.49. The molecule has 0 bridgehead atoms. The first kappa shape index (κ1) is 24.3. The van der Waals surface area contributed by atoms with E-state index in [-0.39, 0.29) is 18.0 Å². The molecule has 2 aliphatic heterocycles. The molecule has 4 heterocycles. The van der Waals surface area contributed by atoms with E-state index >= 15 is 0 Å². The minimum absolute atomic E-state index is 0.162. The standard InChI is InChI=1S/C25H30ClN7O3/c1-15-13-33-22(29-23(15)31-10-8-17(27)14-31)12-20(30-33)21-5-3-4-9-32(21)24(34)18-11-16(26)6-7-19(18)28-25(35)36-2/h6-7,11-13,17,21H,3-5,8-10,14,27H2,1-2H3,(H,28,35)/t17-,21-/m0/s1. The van der Waals surface area contributed by atoms with E-state index in [4.69, 9.17) is 32.2 Å². The fraction of sp³-hybridized carbons (Fsp3) is 0.440. The molecule has 2 fully saturated rings. The summed E-state index contributed by atoms with van der Waals surface area (Å²) >= 11 is 6.22. The lowest BCUT2D eigenvalue weighted by Crippen LogP contribution is -2.39. The van der Waals surface area contributed by atoms with Crippen molar-refractivity contribution in [1.82, 2.24) is 19.5 Å². The zero-order valence-electron chi connectivity index (χ0n) is 20.4. The molecule has 3 N–H and O–H groups in total. The number of ether oxygens (including phenoxy) is 1. The maximum Gasteiger partial charge on any atom is 0.411 e. The van der Waals surface area contributed by atoms with Crippen molar-refractivity contribution < 1.29 is 14.3 Å². The maximum absolute atomic E-state index is 13.8. The Labute approximate surface area is 214 Å². The predicted molar refractivity (Wildman–Crippen MR) is 138 cm³/mol. The number of fused-ring (bicyclic) bond motifs is 1. The number of anilines is 2. The minimum Gasteiger partial charge on any atom is -0.453 e. The third-order valence-electron chi connectivity index (χ3n) is 6.89. The average molecular weight is 512 g/mol. The van der Waals surface area contributed by atoms with Crippen molar-refractivity contribution in [3.8, 4) is 0 Å². The largest absolute Gasteiger partial charge is 0.453 e. The zero-order chi connectivity index (χ0) is 25.4. The van der Waals surface area contributed by atoms with Gasteiger partial charge in [0.1, 0.15) is 5.82 Å². The number of carbonyl (C=O) groups excluding carboxylic acids is 2. The summed E-state index contributed by atoms with van der Waals surface area (Å²) in [6.45, 7) is 4.28. The minimum atomic E-state index is -0.655. The topological polar surface area (TPSA) is 118 Å². The molecule has 0 radical (unpaired) electrons. The number of nitrogens with one attached hydrogen (secondary N) is 1. The van der Waals surface area contributed by atoms with E-state index < -0.39 is 6.09 Å². The number of methoxy groups -OCH3 is 1. The Kier molecular flexibility index (Phi) is 6.72. The van der Waals surface area contributed by atoms with Crippen LogP contribution in [0.1, 0.15) is 53.3 Å². The van der Waals surface area contributed by atoms with Gasteiger partial charge in [-0.2, -0.15) is 5.10 Å². The van der Waals surface area contributed by atoms with Crippen molar-refractivity contribution in [3.63, 3.8) is 0 Å². The highest BCUT2D eigenvalue weighted by Gasteiger charge is 2.32. The first-order valence-corrected chi connectivity index (χ1v) is 12.5. The molecule has 2 aromatic heterocycles. The van der Waals surface area contributed by atoms with Crippen LogP contribution in [0.4, 0.5) is 16.3 Å². The Hall–Kier alpha value is -3.37. The normalized spacial score (nSPS) is 20.1. The van der Waals surface area contributed by atoms with Crippen LogP contribution in [0.2, 0.25) is 5.02 Å². The van der Waals surface area contributed by atoms with Crippen LogP contribution < -0.4 is 16.0 Å². The summed E-state index contributed by atoms with van der Waals surface area (Å²) in [4.78, 5) is 34.5. The number of aryl methyl sites for hydroxylation is 1. The summed E-state index contributed by atoms with van der Waals surface area (Å²) in [6, 6.07) is 6.70. The van der Waals surface area contributed by atoms with Gasteiger partial charge in [0.15, 0.2) is 5.65 Å². The number of aromatic nitrogens is 3. The second-order valence-corrected chi connectivity index (χ2v) is 9.87. The van der Waals surface area contributed by atoms with E-state index in [1.807, 2.05) is 24.1 Å². The lowest BCUT2D eigenvalue weighted by atomic mass is 9.98. The molecule has 0 unspecified atom stereocenters. The molecule has 190 valence electrons. The first-order valence-electron chi connectivity index (χ1n) is 12.2. The molecule has 3 aromatic rings. The Bertz CT molecular complexity index is 1310. The van der Waals surface area contributed by atoms with Gasteiger partial charge < -0.3 is 20.3 Å². The molecule has 2 atom stereocenters. The van der Waals surface area contributed by atoms with E-state index in [1.54, 1.807) is 22.7 Å². The van der Waals surface area contributed by atoms with Gasteiger partial charge in [0.25, 0.3) is 5.91 Å². The molecule has 2 amide bonds. The van der Waals surface area contributed by atoms with Crippen LogP contribution in [-0.2, 0) is 4.74 Å². The number of benzene rings is 1. The molecule has 5 rings (SSSR count). The molecule has 0 aliphatic carbocycles. The van der Waals surface area contributed by atoms with Gasteiger partial charge in [0.2, 0.25) is 0 Å². The van der Waals surface area contributed by atoms with Crippen molar-refractivity contribution in [3.05, 3.63) is 52.3 Å². The third kappa shape index (κ3) is 4.70. The van der Waals surface area contributed by atoms with Crippen LogP contribution >= 0.6 is 11.6 Å². The maximum atomic E-state index is 13.8. The molecule has 0 spiro atoms. The summed E-state index contributed by atoms with van der Waals surface area (Å²) in [5.74, 6) is 0.706. The van der Waals surface area contributed by atoms with Gasteiger partial charge in [0.05, 0.1) is 30.1 Å². The summed E-state index contributed by atoms with van der Waals surface area (Å²) in [7, 11) is 1.27. The number of hydrogen-bond acceptors (Lipinski definition) is 7. The fourth-order valence-electron chi connectivity index (χ4n) is 5.08. The summed E-state index contributed by atoms with van der Waals surface area (Å²) < 4.78 is 6.50. The Morgan fingerprint density at radius 2 is 2.03 bits per heavy atom. The van der Waals surface area contributed by atoms with Crippen molar-refractivity contribution in [1.29, 1.82) is 0 Å². The van der Waals surface area contributed by atoms with Gasteiger partial charge in [-0.15, -0.1) is 0 Å². The summed E-state index contributed by atoms with van der Waals surface area (Å²) in [5, 5.41) is 7.83. The number of piperidine rings is 1. The molecule has 2 saturated heterocycles. The smallest absolute Gasteiger partial charge is 0.411 e. The van der Waals surface area contributed by atoms with Gasteiger partial charge in [-0.25, -0.2) is 14.3 Å². The highest BCUT2D eigenvalue weighted by Crippen LogP contribution is 2.34. The zero-order valence-corrected chi connectivity index (χ0v) is 21.2. The van der Waals surface area contributed by atoms with E-state index in [0.29, 0.717) is 22.8 Å². The summed E-state index contributed by atoms with van der Waals surface area (Å²) in [5.41, 5.74) is 9.32. The molecule has 2 aliphatic rings. The number of halogens is 1. The molecule has 1 aromatic carbocycles. The monoisotopic (exact) mass is 511 g/mol. The van der Waals surface area contributed by atoms with Crippen LogP contribution in [0.5, 0.6) is 0 Å². The van der Waals surface area contributed by atoms with Gasteiger partial charge in [-0.05, 0) is 50.8 Å². The number of nitrogens with zero attached hydrogens (tertiary/aromatic N) is 5. The quantitative estimate of drug-likeness (QED) is 0.547. The number of likely N-dealkylation sites (tertiary alicyclic amines) is 1. The Balaban J connectivity index is 1.47. The SMILES string of the molecule is COC(=O)Nc1ccc(Cl)cc1C(=O)N1CCCC[C@H]1c1cc2nc(N3CC[C@H](N)C3)c(C)cn2n1. The van der Waals surface area contributed by atoms with Crippen molar-refractivity contribution >= 4 is 40.8 Å². The van der Waals surface area contributed by atoms with Crippen LogP contribution in [0.15, 0.2) is 30.5 Å². The second kappa shape index (κ2) is 9.94. The van der Waals surface area contributed by atoms with Crippen molar-refractivity contribution in [2.45, 2.75) is 44.7 Å².